The molecule has 20 heavy (non-hydrogen) atoms. The summed E-state index contributed by atoms with van der Waals surface area (Å²) in [4.78, 5) is 15.3. The highest BCUT2D eigenvalue weighted by molar-refractivity contribution is 6.34. The van der Waals surface area contributed by atoms with E-state index in [1.807, 2.05) is 18.2 Å². The van der Waals surface area contributed by atoms with Gasteiger partial charge in [0.2, 0.25) is 5.95 Å². The van der Waals surface area contributed by atoms with Gasteiger partial charge in [-0.25, -0.2) is 9.97 Å². The van der Waals surface area contributed by atoms with Gasteiger partial charge in [-0.1, -0.05) is 23.7 Å². The molecule has 0 atom stereocenters. The van der Waals surface area contributed by atoms with Crippen molar-refractivity contribution in [2.24, 2.45) is 0 Å². The Kier molecular flexibility index (Phi) is 2.22. The molecule has 0 bridgehead atoms. The number of benzene rings is 1. The number of rotatable bonds is 1. The van der Waals surface area contributed by atoms with Gasteiger partial charge >= 0.3 is 0 Å². The number of fused-ring (bicyclic) bond motifs is 2. The average Bonchev–Trinajstić information content (AvgIpc) is 3.04. The Morgan fingerprint density at radius 1 is 1.25 bits per heavy atom. The third-order valence-electron chi connectivity index (χ3n) is 3.03. The minimum atomic E-state index is 0.145. The van der Waals surface area contributed by atoms with Crippen LogP contribution in [0.15, 0.2) is 35.0 Å². The maximum absolute atomic E-state index is 6.11. The Hall–Kier alpha value is -2.60. The highest BCUT2D eigenvalue weighted by atomic mass is 35.5. The molecule has 0 unspecified atom stereocenters. The number of nitrogen functional groups attached to an aromatic ring is 1. The SMILES string of the molecule is Nc1nc(-c2cc3cccc(Cl)c3o2)c2[nH]cnc2n1. The lowest BCUT2D eigenvalue weighted by atomic mass is 10.2. The van der Waals surface area contributed by atoms with Crippen molar-refractivity contribution >= 4 is 39.7 Å². The summed E-state index contributed by atoms with van der Waals surface area (Å²) < 4.78 is 5.79. The maximum atomic E-state index is 6.11. The van der Waals surface area contributed by atoms with E-state index < -0.39 is 0 Å². The minimum Gasteiger partial charge on any atom is -0.453 e. The van der Waals surface area contributed by atoms with Gasteiger partial charge in [-0.2, -0.15) is 4.98 Å². The van der Waals surface area contributed by atoms with Crippen LogP contribution in [-0.4, -0.2) is 19.9 Å². The summed E-state index contributed by atoms with van der Waals surface area (Å²) in [6.07, 6.45) is 1.54. The van der Waals surface area contributed by atoms with Crippen LogP contribution < -0.4 is 5.73 Å². The van der Waals surface area contributed by atoms with E-state index in [9.17, 15) is 0 Å². The van der Waals surface area contributed by atoms with Crippen molar-refractivity contribution < 1.29 is 4.42 Å². The molecule has 3 N–H and O–H groups in total. The third-order valence-corrected chi connectivity index (χ3v) is 3.33. The molecule has 0 saturated carbocycles. The quantitative estimate of drug-likeness (QED) is 0.561. The Bertz CT molecular complexity index is 942. The van der Waals surface area contributed by atoms with E-state index in [0.29, 0.717) is 33.2 Å². The average molecular weight is 286 g/mol. The van der Waals surface area contributed by atoms with Gasteiger partial charge in [-0.05, 0) is 12.1 Å². The lowest BCUT2D eigenvalue weighted by molar-refractivity contribution is 0.629. The number of anilines is 1. The molecule has 1 aromatic carbocycles. The normalized spacial score (nSPS) is 11.4. The van der Waals surface area contributed by atoms with Crippen LogP contribution in [0, 0.1) is 0 Å². The van der Waals surface area contributed by atoms with E-state index in [1.54, 1.807) is 6.07 Å². The summed E-state index contributed by atoms with van der Waals surface area (Å²) in [6, 6.07) is 7.42. The van der Waals surface area contributed by atoms with Crippen LogP contribution in [0.1, 0.15) is 0 Å². The third kappa shape index (κ3) is 1.55. The van der Waals surface area contributed by atoms with Crippen molar-refractivity contribution in [2.75, 3.05) is 5.73 Å². The zero-order valence-corrected chi connectivity index (χ0v) is 10.8. The molecular weight excluding hydrogens is 278 g/mol. The Morgan fingerprint density at radius 3 is 3.00 bits per heavy atom. The lowest BCUT2D eigenvalue weighted by Crippen LogP contribution is -1.97. The first-order chi connectivity index (χ1) is 9.72. The maximum Gasteiger partial charge on any atom is 0.222 e. The van der Waals surface area contributed by atoms with E-state index in [-0.39, 0.29) is 5.95 Å². The molecule has 0 amide bonds. The second-order valence-corrected chi connectivity index (χ2v) is 4.71. The summed E-state index contributed by atoms with van der Waals surface area (Å²) in [6.45, 7) is 0. The van der Waals surface area contributed by atoms with Crippen LogP contribution in [-0.2, 0) is 0 Å². The van der Waals surface area contributed by atoms with E-state index in [1.165, 1.54) is 6.33 Å². The Labute approximate surface area is 117 Å². The first-order valence-corrected chi connectivity index (χ1v) is 6.25. The van der Waals surface area contributed by atoms with Crippen LogP contribution in [0.3, 0.4) is 0 Å². The van der Waals surface area contributed by atoms with Crippen LogP contribution in [0.5, 0.6) is 0 Å². The van der Waals surface area contributed by atoms with E-state index in [0.717, 1.165) is 5.39 Å². The molecule has 0 aliphatic carbocycles. The van der Waals surface area contributed by atoms with Gasteiger partial charge in [0.25, 0.3) is 0 Å². The van der Waals surface area contributed by atoms with Crippen molar-refractivity contribution in [3.8, 4) is 11.5 Å². The largest absolute Gasteiger partial charge is 0.453 e. The fourth-order valence-corrected chi connectivity index (χ4v) is 2.39. The Morgan fingerprint density at radius 2 is 2.15 bits per heavy atom. The van der Waals surface area contributed by atoms with Crippen molar-refractivity contribution in [3.05, 3.63) is 35.6 Å². The number of imidazole rings is 1. The number of furan rings is 1. The van der Waals surface area contributed by atoms with E-state index >= 15 is 0 Å². The van der Waals surface area contributed by atoms with E-state index in [2.05, 4.69) is 19.9 Å². The van der Waals surface area contributed by atoms with Gasteiger partial charge in [0.15, 0.2) is 17.0 Å². The molecule has 3 heterocycles. The number of nitrogens with zero attached hydrogens (tertiary/aromatic N) is 3. The van der Waals surface area contributed by atoms with Crippen molar-refractivity contribution in [3.63, 3.8) is 0 Å². The number of hydrogen-bond acceptors (Lipinski definition) is 5. The molecule has 4 aromatic rings. The van der Waals surface area contributed by atoms with Crippen LogP contribution in [0.2, 0.25) is 5.02 Å². The fourth-order valence-electron chi connectivity index (χ4n) is 2.17. The summed E-state index contributed by atoms with van der Waals surface area (Å²) in [7, 11) is 0. The molecule has 0 aliphatic rings. The molecule has 0 fully saturated rings. The smallest absolute Gasteiger partial charge is 0.222 e. The number of nitrogens with one attached hydrogen (secondary N) is 1. The Balaban J connectivity index is 2.05. The summed E-state index contributed by atoms with van der Waals surface area (Å²) in [5.41, 5.74) is 8.06. The molecule has 0 saturated heterocycles. The first kappa shape index (κ1) is 11.2. The predicted octanol–water partition coefficient (Wildman–Crippen LogP) is 3.00. The standard InChI is InChI=1S/C13H8ClN5O/c14-7-3-1-2-6-4-8(20-11(6)7)9-10-12(17-5-16-10)19-13(15)18-9/h1-5H,(H3,15,16,17,18,19). The topological polar surface area (TPSA) is 93.6 Å². The van der Waals surface area contributed by atoms with Gasteiger partial charge in [0, 0.05) is 5.39 Å². The van der Waals surface area contributed by atoms with Crippen LogP contribution >= 0.6 is 11.6 Å². The van der Waals surface area contributed by atoms with Gasteiger partial charge < -0.3 is 15.1 Å². The number of halogens is 1. The summed E-state index contributed by atoms with van der Waals surface area (Å²) >= 11 is 6.11. The molecule has 0 radical (unpaired) electrons. The number of para-hydroxylation sites is 1. The summed E-state index contributed by atoms with van der Waals surface area (Å²) in [5.74, 6) is 0.711. The molecule has 0 spiro atoms. The van der Waals surface area contributed by atoms with Crippen molar-refractivity contribution in [2.45, 2.75) is 0 Å². The number of aromatic nitrogens is 4. The number of H-pyrrole nitrogens is 1. The van der Waals surface area contributed by atoms with E-state index in [4.69, 9.17) is 21.8 Å². The fraction of sp³-hybridized carbons (Fsp3) is 0. The second-order valence-electron chi connectivity index (χ2n) is 4.30. The molecule has 0 aliphatic heterocycles. The van der Waals surface area contributed by atoms with Crippen molar-refractivity contribution in [1.29, 1.82) is 0 Å². The predicted molar refractivity (Wildman–Crippen MR) is 76.3 cm³/mol. The van der Waals surface area contributed by atoms with Crippen LogP contribution in [0.25, 0.3) is 33.6 Å². The van der Waals surface area contributed by atoms with Crippen molar-refractivity contribution in [1.82, 2.24) is 19.9 Å². The highest BCUT2D eigenvalue weighted by Gasteiger charge is 2.15. The highest BCUT2D eigenvalue weighted by Crippen LogP contribution is 2.33. The molecular formula is C13H8ClN5O. The molecule has 6 nitrogen and oxygen atoms in total. The monoisotopic (exact) mass is 285 g/mol. The van der Waals surface area contributed by atoms with Gasteiger partial charge in [-0.15, -0.1) is 0 Å². The first-order valence-electron chi connectivity index (χ1n) is 5.87. The number of aromatic amines is 1. The van der Waals surface area contributed by atoms with Gasteiger partial charge in [-0.3, -0.25) is 0 Å². The molecule has 98 valence electrons. The number of nitrogens with two attached hydrogens (primary N) is 1. The lowest BCUT2D eigenvalue weighted by Gasteiger charge is -1.99. The van der Waals surface area contributed by atoms with Gasteiger partial charge in [0.05, 0.1) is 11.3 Å². The number of hydrogen-bond donors (Lipinski definition) is 2. The van der Waals surface area contributed by atoms with Gasteiger partial charge in [0.1, 0.15) is 11.2 Å². The molecule has 4 rings (SSSR count). The minimum absolute atomic E-state index is 0.145. The zero-order chi connectivity index (χ0) is 13.7. The summed E-state index contributed by atoms with van der Waals surface area (Å²) in [5, 5.41) is 1.45. The molecule has 7 heteroatoms. The second kappa shape index (κ2) is 3.94. The zero-order valence-electron chi connectivity index (χ0n) is 10.1. The molecule has 3 aromatic heterocycles. The van der Waals surface area contributed by atoms with Crippen LogP contribution in [0.4, 0.5) is 5.95 Å².